The number of esters is 2. The first-order valence-electron chi connectivity index (χ1n) is 5.21. The first-order chi connectivity index (χ1) is 7.93. The van der Waals surface area contributed by atoms with Gasteiger partial charge in [-0.05, 0) is 13.8 Å². The standard InChI is InChI=1S/C6H10O3.C5H10O3/c1-3-9-6(8)4-5(2)7;1-5(6)8-4-3-7-2/h3-4H2,1-2H3;3-4H2,1-2H3. The molecule has 0 fully saturated rings. The van der Waals surface area contributed by atoms with Crippen LogP contribution in [0, 0.1) is 0 Å². The molecule has 0 rings (SSSR count). The molecular formula is C11H20O6. The van der Waals surface area contributed by atoms with Gasteiger partial charge in [0.15, 0.2) is 0 Å². The van der Waals surface area contributed by atoms with E-state index in [4.69, 9.17) is 0 Å². The van der Waals surface area contributed by atoms with Gasteiger partial charge in [-0.15, -0.1) is 0 Å². The average Bonchev–Trinajstić information content (AvgIpc) is 2.17. The Labute approximate surface area is 101 Å². The van der Waals surface area contributed by atoms with Gasteiger partial charge in [0, 0.05) is 14.0 Å². The average molecular weight is 248 g/mol. The summed E-state index contributed by atoms with van der Waals surface area (Å²) in [5.74, 6) is -0.861. The molecule has 0 amide bonds. The molecule has 0 spiro atoms. The molecule has 0 aliphatic heterocycles. The molecule has 0 aliphatic rings. The number of methoxy groups -OCH3 is 1. The number of ketones is 1. The van der Waals surface area contributed by atoms with Crippen molar-refractivity contribution in [2.24, 2.45) is 0 Å². The van der Waals surface area contributed by atoms with Crippen molar-refractivity contribution in [2.45, 2.75) is 27.2 Å². The van der Waals surface area contributed by atoms with Gasteiger partial charge in [0.2, 0.25) is 0 Å². The summed E-state index contributed by atoms with van der Waals surface area (Å²) in [6.45, 7) is 5.60. The lowest BCUT2D eigenvalue weighted by molar-refractivity contribution is -0.145. The highest BCUT2D eigenvalue weighted by atomic mass is 16.6. The second-order valence-corrected chi connectivity index (χ2v) is 3.02. The minimum atomic E-state index is -0.440. The van der Waals surface area contributed by atoms with E-state index in [0.717, 1.165) is 0 Å². The Bertz CT molecular complexity index is 236. The van der Waals surface area contributed by atoms with Crippen molar-refractivity contribution in [2.75, 3.05) is 26.9 Å². The van der Waals surface area contributed by atoms with E-state index >= 15 is 0 Å². The van der Waals surface area contributed by atoms with Crippen LogP contribution in [-0.2, 0) is 28.6 Å². The van der Waals surface area contributed by atoms with Crippen LogP contribution in [0.3, 0.4) is 0 Å². The zero-order valence-electron chi connectivity index (χ0n) is 10.8. The van der Waals surface area contributed by atoms with Crippen LogP contribution >= 0.6 is 0 Å². The fourth-order valence-electron chi connectivity index (χ4n) is 0.684. The SMILES string of the molecule is CCOC(=O)CC(C)=O.COCCOC(C)=O. The molecule has 0 N–H and O–H groups in total. The molecule has 17 heavy (non-hydrogen) atoms. The third-order valence-electron chi connectivity index (χ3n) is 1.29. The van der Waals surface area contributed by atoms with Gasteiger partial charge in [0.05, 0.1) is 13.2 Å². The Kier molecular flexibility index (Phi) is 13.3. The molecule has 0 aromatic carbocycles. The Morgan fingerprint density at radius 3 is 1.94 bits per heavy atom. The maximum atomic E-state index is 10.4. The van der Waals surface area contributed by atoms with Gasteiger partial charge in [-0.2, -0.15) is 0 Å². The van der Waals surface area contributed by atoms with E-state index in [-0.39, 0.29) is 18.2 Å². The van der Waals surface area contributed by atoms with E-state index in [1.807, 2.05) is 0 Å². The normalized spacial score (nSPS) is 8.71. The summed E-state index contributed by atoms with van der Waals surface area (Å²) in [6.07, 6.45) is -0.103. The van der Waals surface area contributed by atoms with E-state index in [1.165, 1.54) is 13.8 Å². The molecule has 0 aromatic heterocycles. The van der Waals surface area contributed by atoms with E-state index < -0.39 is 5.97 Å². The smallest absolute Gasteiger partial charge is 0.313 e. The van der Waals surface area contributed by atoms with Gasteiger partial charge in [-0.3, -0.25) is 14.4 Å². The number of hydrogen-bond donors (Lipinski definition) is 0. The van der Waals surface area contributed by atoms with E-state index in [9.17, 15) is 14.4 Å². The van der Waals surface area contributed by atoms with Crippen LogP contribution in [0.5, 0.6) is 0 Å². The largest absolute Gasteiger partial charge is 0.466 e. The Hall–Kier alpha value is -1.43. The lowest BCUT2D eigenvalue weighted by Gasteiger charge is -1.97. The Morgan fingerprint density at radius 2 is 1.59 bits per heavy atom. The van der Waals surface area contributed by atoms with Crippen LogP contribution in [0.25, 0.3) is 0 Å². The van der Waals surface area contributed by atoms with Crippen LogP contribution in [0.2, 0.25) is 0 Å². The fourth-order valence-corrected chi connectivity index (χ4v) is 0.684. The molecule has 0 unspecified atom stereocenters. The molecule has 0 radical (unpaired) electrons. The molecule has 0 bridgehead atoms. The predicted molar refractivity (Wildman–Crippen MR) is 60.4 cm³/mol. The summed E-state index contributed by atoms with van der Waals surface area (Å²) in [6, 6.07) is 0. The molecular weight excluding hydrogens is 228 g/mol. The highest BCUT2D eigenvalue weighted by Gasteiger charge is 2.03. The van der Waals surface area contributed by atoms with Crippen molar-refractivity contribution in [3.63, 3.8) is 0 Å². The van der Waals surface area contributed by atoms with Gasteiger partial charge in [0.25, 0.3) is 0 Å². The highest BCUT2D eigenvalue weighted by molar-refractivity contribution is 5.94. The van der Waals surface area contributed by atoms with Crippen molar-refractivity contribution < 1.29 is 28.6 Å². The van der Waals surface area contributed by atoms with Crippen molar-refractivity contribution in [3.8, 4) is 0 Å². The topological polar surface area (TPSA) is 78.9 Å². The minimum Gasteiger partial charge on any atom is -0.466 e. The first kappa shape index (κ1) is 17.9. The van der Waals surface area contributed by atoms with Crippen molar-refractivity contribution >= 4 is 17.7 Å². The Morgan fingerprint density at radius 1 is 1.00 bits per heavy atom. The van der Waals surface area contributed by atoms with Crippen LogP contribution in [0.4, 0.5) is 0 Å². The second-order valence-electron chi connectivity index (χ2n) is 3.02. The molecule has 0 aliphatic carbocycles. The zero-order valence-corrected chi connectivity index (χ0v) is 10.8. The summed E-state index contributed by atoms with van der Waals surface area (Å²) in [5.41, 5.74) is 0. The summed E-state index contributed by atoms with van der Waals surface area (Å²) >= 11 is 0. The van der Waals surface area contributed by atoms with Gasteiger partial charge in [0.1, 0.15) is 18.8 Å². The highest BCUT2D eigenvalue weighted by Crippen LogP contribution is 1.86. The van der Waals surface area contributed by atoms with Crippen molar-refractivity contribution in [1.82, 2.24) is 0 Å². The quantitative estimate of drug-likeness (QED) is 0.391. The van der Waals surface area contributed by atoms with Crippen LogP contribution < -0.4 is 0 Å². The number of carbonyl (C=O) groups excluding carboxylic acids is 3. The van der Waals surface area contributed by atoms with Gasteiger partial charge < -0.3 is 14.2 Å². The maximum Gasteiger partial charge on any atom is 0.313 e. The van der Waals surface area contributed by atoms with Crippen LogP contribution in [0.15, 0.2) is 0 Å². The number of ether oxygens (including phenoxy) is 3. The molecule has 6 heteroatoms. The molecule has 0 atom stereocenters. The monoisotopic (exact) mass is 248 g/mol. The van der Waals surface area contributed by atoms with Crippen molar-refractivity contribution in [3.05, 3.63) is 0 Å². The maximum absolute atomic E-state index is 10.4. The molecule has 0 heterocycles. The first-order valence-corrected chi connectivity index (χ1v) is 5.21. The lowest BCUT2D eigenvalue weighted by Crippen LogP contribution is -2.07. The fraction of sp³-hybridized carbons (Fsp3) is 0.727. The van der Waals surface area contributed by atoms with Gasteiger partial charge >= 0.3 is 11.9 Å². The summed E-state index contributed by atoms with van der Waals surface area (Å²) < 4.78 is 13.6. The summed E-state index contributed by atoms with van der Waals surface area (Å²) in [5, 5.41) is 0. The van der Waals surface area contributed by atoms with Gasteiger partial charge in [-0.1, -0.05) is 0 Å². The number of Topliss-reactive ketones (excluding diaryl/α,β-unsaturated/α-hetero) is 1. The number of carbonyl (C=O) groups is 3. The van der Waals surface area contributed by atoms with Crippen LogP contribution in [-0.4, -0.2) is 44.7 Å². The predicted octanol–water partition coefficient (Wildman–Crippen LogP) is 0.724. The molecule has 0 aromatic rings. The summed E-state index contributed by atoms with van der Waals surface area (Å²) in [4.78, 5) is 30.7. The van der Waals surface area contributed by atoms with E-state index in [0.29, 0.717) is 19.8 Å². The number of hydrogen-bond acceptors (Lipinski definition) is 6. The molecule has 100 valence electrons. The second kappa shape index (κ2) is 12.6. The zero-order chi connectivity index (χ0) is 13.7. The van der Waals surface area contributed by atoms with E-state index in [1.54, 1.807) is 14.0 Å². The lowest BCUT2D eigenvalue weighted by atomic mass is 10.3. The van der Waals surface area contributed by atoms with Crippen LogP contribution in [0.1, 0.15) is 27.2 Å². The molecule has 6 nitrogen and oxygen atoms in total. The number of rotatable bonds is 6. The van der Waals surface area contributed by atoms with Gasteiger partial charge in [-0.25, -0.2) is 0 Å². The minimum absolute atomic E-state index is 0.103. The molecule has 0 saturated heterocycles. The third-order valence-corrected chi connectivity index (χ3v) is 1.29. The van der Waals surface area contributed by atoms with E-state index in [2.05, 4.69) is 14.2 Å². The Balaban J connectivity index is 0. The third kappa shape index (κ3) is 20.6. The van der Waals surface area contributed by atoms with Crippen molar-refractivity contribution in [1.29, 1.82) is 0 Å². The molecule has 0 saturated carbocycles. The summed E-state index contributed by atoms with van der Waals surface area (Å²) in [7, 11) is 1.56.